The van der Waals surface area contributed by atoms with Crippen LogP contribution < -0.4 is 0 Å². The van der Waals surface area contributed by atoms with Crippen LogP contribution in [0.25, 0.3) is 21.3 Å². The van der Waals surface area contributed by atoms with Gasteiger partial charge >= 0.3 is 0 Å². The Morgan fingerprint density at radius 2 is 2.29 bits per heavy atom. The van der Waals surface area contributed by atoms with E-state index in [9.17, 15) is 20.3 Å². The highest BCUT2D eigenvalue weighted by Crippen LogP contribution is 2.30. The normalized spacial score (nSPS) is 13.6. The molecule has 3 N–H and O–H groups in total. The molecule has 0 amide bonds. The topological polar surface area (TPSA) is 161 Å². The van der Waals surface area contributed by atoms with Crippen molar-refractivity contribution < 1.29 is 15.1 Å². The quantitative estimate of drug-likeness (QED) is 0.241. The molecule has 110 valence electrons. The standard InChI is InChI=1S/C11H12N6O4/c12-16-13-2-1-10(18)11(19)6-3-8-7(5-14-15-8)9(4-6)17(20)21/h3-5,10-11,18-19H,1-2H2,(H,14,15). The fourth-order valence-corrected chi connectivity index (χ4v) is 1.99. The van der Waals surface area contributed by atoms with Crippen LogP contribution in [0.1, 0.15) is 18.1 Å². The van der Waals surface area contributed by atoms with Crippen LogP contribution in [-0.4, -0.2) is 38.0 Å². The maximum atomic E-state index is 11.0. The highest BCUT2D eigenvalue weighted by Gasteiger charge is 2.23. The van der Waals surface area contributed by atoms with Crippen molar-refractivity contribution in [3.63, 3.8) is 0 Å². The van der Waals surface area contributed by atoms with E-state index >= 15 is 0 Å². The van der Waals surface area contributed by atoms with Crippen molar-refractivity contribution in [2.45, 2.75) is 18.6 Å². The molecule has 0 spiro atoms. The molecule has 10 heteroatoms. The highest BCUT2D eigenvalue weighted by molar-refractivity contribution is 5.88. The number of hydrogen-bond acceptors (Lipinski definition) is 6. The minimum atomic E-state index is -1.33. The molecular weight excluding hydrogens is 280 g/mol. The predicted molar refractivity (Wildman–Crippen MR) is 72.3 cm³/mol. The number of nitro benzene ring substituents is 1. The van der Waals surface area contributed by atoms with Gasteiger partial charge < -0.3 is 10.2 Å². The molecule has 0 aliphatic heterocycles. The van der Waals surface area contributed by atoms with Gasteiger partial charge in [0.25, 0.3) is 5.69 Å². The number of fused-ring (bicyclic) bond motifs is 1. The largest absolute Gasteiger partial charge is 0.390 e. The van der Waals surface area contributed by atoms with E-state index in [1.54, 1.807) is 0 Å². The van der Waals surface area contributed by atoms with Crippen LogP contribution in [0.2, 0.25) is 0 Å². The zero-order valence-electron chi connectivity index (χ0n) is 10.7. The third-order valence-corrected chi connectivity index (χ3v) is 3.05. The number of hydrogen-bond donors (Lipinski definition) is 3. The summed E-state index contributed by atoms with van der Waals surface area (Å²) >= 11 is 0. The van der Waals surface area contributed by atoms with Gasteiger partial charge in [-0.25, -0.2) is 0 Å². The van der Waals surface area contributed by atoms with Gasteiger partial charge in [0.1, 0.15) is 6.10 Å². The lowest BCUT2D eigenvalue weighted by atomic mass is 10.00. The number of rotatable bonds is 6. The van der Waals surface area contributed by atoms with Gasteiger partial charge in [-0.15, -0.1) is 0 Å². The summed E-state index contributed by atoms with van der Waals surface area (Å²) in [6.45, 7) is 0.0170. The predicted octanol–water partition coefficient (Wildman–Crippen LogP) is 1.57. The number of aromatic amines is 1. The van der Waals surface area contributed by atoms with Crippen molar-refractivity contribution in [3.05, 3.63) is 44.5 Å². The molecule has 0 bridgehead atoms. The number of benzene rings is 1. The minimum Gasteiger partial charge on any atom is -0.390 e. The van der Waals surface area contributed by atoms with Crippen LogP contribution in [0, 0.1) is 10.1 Å². The second-order valence-electron chi connectivity index (χ2n) is 4.38. The summed E-state index contributed by atoms with van der Waals surface area (Å²) in [5.74, 6) is 0. The molecule has 0 radical (unpaired) electrons. The number of H-pyrrole nitrogens is 1. The van der Waals surface area contributed by atoms with E-state index in [2.05, 4.69) is 20.2 Å². The SMILES string of the molecule is [N-]=[N+]=NCCC(O)C(O)c1cc([N+](=O)[O-])c2cn[nH]c2c1. The molecule has 2 unspecified atom stereocenters. The molecule has 0 aliphatic carbocycles. The Hall–Kier alpha value is -2.68. The zero-order chi connectivity index (χ0) is 15.4. The van der Waals surface area contributed by atoms with Gasteiger partial charge in [-0.2, -0.15) is 5.10 Å². The second kappa shape index (κ2) is 6.18. The first kappa shape index (κ1) is 14.7. The summed E-state index contributed by atoms with van der Waals surface area (Å²) in [7, 11) is 0. The fourth-order valence-electron chi connectivity index (χ4n) is 1.99. The highest BCUT2D eigenvalue weighted by atomic mass is 16.6. The lowest BCUT2D eigenvalue weighted by Crippen LogP contribution is -2.19. The Balaban J connectivity index is 2.32. The summed E-state index contributed by atoms with van der Waals surface area (Å²) in [6.07, 6.45) is -1.16. The van der Waals surface area contributed by atoms with E-state index in [1.807, 2.05) is 0 Å². The van der Waals surface area contributed by atoms with Crippen molar-refractivity contribution in [2.75, 3.05) is 6.54 Å². The van der Waals surface area contributed by atoms with E-state index in [4.69, 9.17) is 5.53 Å². The summed E-state index contributed by atoms with van der Waals surface area (Å²) in [5.41, 5.74) is 8.52. The Labute approximate surface area is 117 Å². The Morgan fingerprint density at radius 3 is 2.95 bits per heavy atom. The molecule has 21 heavy (non-hydrogen) atoms. The summed E-state index contributed by atoms with van der Waals surface area (Å²) in [6, 6.07) is 2.68. The number of azide groups is 1. The molecule has 0 aliphatic rings. The monoisotopic (exact) mass is 292 g/mol. The molecule has 1 heterocycles. The molecule has 1 aromatic heterocycles. The third kappa shape index (κ3) is 3.08. The number of non-ortho nitro benzene ring substituents is 1. The Morgan fingerprint density at radius 1 is 1.52 bits per heavy atom. The molecule has 0 saturated heterocycles. The smallest absolute Gasteiger partial charge is 0.280 e. The van der Waals surface area contributed by atoms with E-state index < -0.39 is 17.1 Å². The fraction of sp³-hybridized carbons (Fsp3) is 0.364. The number of nitro groups is 1. The van der Waals surface area contributed by atoms with Crippen LogP contribution in [-0.2, 0) is 0 Å². The molecule has 2 atom stereocenters. The van der Waals surface area contributed by atoms with Gasteiger partial charge in [0.05, 0.1) is 28.1 Å². The first-order valence-electron chi connectivity index (χ1n) is 6.03. The number of aliphatic hydroxyl groups is 2. The van der Waals surface area contributed by atoms with Gasteiger partial charge in [-0.1, -0.05) is 5.11 Å². The van der Waals surface area contributed by atoms with Crippen LogP contribution in [0.5, 0.6) is 0 Å². The van der Waals surface area contributed by atoms with Crippen molar-refractivity contribution in [1.82, 2.24) is 10.2 Å². The maximum absolute atomic E-state index is 11.0. The Kier molecular flexibility index (Phi) is 4.33. The number of nitrogens with zero attached hydrogens (tertiary/aromatic N) is 5. The third-order valence-electron chi connectivity index (χ3n) is 3.05. The average molecular weight is 292 g/mol. The molecular formula is C11H12N6O4. The van der Waals surface area contributed by atoms with E-state index in [-0.39, 0.29) is 24.2 Å². The van der Waals surface area contributed by atoms with Crippen molar-refractivity contribution in [3.8, 4) is 0 Å². The van der Waals surface area contributed by atoms with Gasteiger partial charge in [0.15, 0.2) is 0 Å². The molecule has 0 saturated carbocycles. The number of aliphatic hydroxyl groups excluding tert-OH is 2. The van der Waals surface area contributed by atoms with Crippen molar-refractivity contribution in [1.29, 1.82) is 0 Å². The Bertz CT molecular complexity index is 708. The van der Waals surface area contributed by atoms with Gasteiger partial charge in [0.2, 0.25) is 0 Å². The molecule has 0 fully saturated rings. The first-order chi connectivity index (χ1) is 10.0. The first-order valence-corrected chi connectivity index (χ1v) is 6.03. The average Bonchev–Trinajstić information content (AvgIpc) is 2.93. The lowest BCUT2D eigenvalue weighted by Gasteiger charge is -2.17. The zero-order valence-corrected chi connectivity index (χ0v) is 10.7. The van der Waals surface area contributed by atoms with Crippen LogP contribution in [0.15, 0.2) is 23.4 Å². The van der Waals surface area contributed by atoms with Crippen molar-refractivity contribution in [2.24, 2.45) is 5.11 Å². The molecule has 2 aromatic rings. The van der Waals surface area contributed by atoms with Crippen molar-refractivity contribution >= 4 is 16.6 Å². The summed E-state index contributed by atoms with van der Waals surface area (Å²) in [5, 5.41) is 40.8. The molecule has 10 nitrogen and oxygen atoms in total. The van der Waals surface area contributed by atoms with E-state index in [1.165, 1.54) is 18.3 Å². The second-order valence-corrected chi connectivity index (χ2v) is 4.38. The maximum Gasteiger partial charge on any atom is 0.280 e. The molecule has 2 rings (SSSR count). The summed E-state index contributed by atoms with van der Waals surface area (Å²) in [4.78, 5) is 13.0. The van der Waals surface area contributed by atoms with Gasteiger partial charge in [-0.3, -0.25) is 15.2 Å². The minimum absolute atomic E-state index is 0.0170. The van der Waals surface area contributed by atoms with Gasteiger partial charge in [0, 0.05) is 17.5 Å². The number of aromatic nitrogens is 2. The number of nitrogens with one attached hydrogen (secondary N) is 1. The van der Waals surface area contributed by atoms with Crippen LogP contribution in [0.3, 0.4) is 0 Å². The van der Waals surface area contributed by atoms with Crippen LogP contribution >= 0.6 is 0 Å². The lowest BCUT2D eigenvalue weighted by molar-refractivity contribution is -0.383. The molecule has 1 aromatic carbocycles. The van der Waals surface area contributed by atoms with E-state index in [0.717, 1.165) is 0 Å². The van der Waals surface area contributed by atoms with E-state index in [0.29, 0.717) is 10.9 Å². The van der Waals surface area contributed by atoms with Gasteiger partial charge in [-0.05, 0) is 23.6 Å². The summed E-state index contributed by atoms with van der Waals surface area (Å²) < 4.78 is 0. The van der Waals surface area contributed by atoms with Crippen LogP contribution in [0.4, 0.5) is 5.69 Å².